The topological polar surface area (TPSA) is 67.4 Å². The van der Waals surface area contributed by atoms with Gasteiger partial charge in [0.1, 0.15) is 0 Å². The Morgan fingerprint density at radius 1 is 1.12 bits per heavy atom. The van der Waals surface area contributed by atoms with Gasteiger partial charge in [-0.05, 0) is 43.3 Å². The smallest absolute Gasteiger partial charge is 0.313 e. The highest BCUT2D eigenvalue weighted by molar-refractivity contribution is 7.10. The third-order valence-corrected chi connectivity index (χ3v) is 5.71. The van der Waals surface area contributed by atoms with Gasteiger partial charge in [0.05, 0.1) is 0 Å². The first-order chi connectivity index (χ1) is 12.1. The van der Waals surface area contributed by atoms with Gasteiger partial charge in [-0.2, -0.15) is 0 Å². The quantitative estimate of drug-likeness (QED) is 0.826. The second-order valence-corrected chi connectivity index (χ2v) is 7.32. The number of carbonyl (C=O) groups is 2. The van der Waals surface area contributed by atoms with Gasteiger partial charge in [0.25, 0.3) is 0 Å². The summed E-state index contributed by atoms with van der Waals surface area (Å²) in [6, 6.07) is 11.5. The lowest BCUT2D eigenvalue weighted by Crippen LogP contribution is -2.46. The lowest BCUT2D eigenvalue weighted by Gasteiger charge is -2.36. The van der Waals surface area contributed by atoms with Gasteiger partial charge in [-0.3, -0.25) is 9.59 Å². The Morgan fingerprint density at radius 2 is 1.84 bits per heavy atom. The molecule has 1 saturated heterocycles. The molecular weight excluding hydrogens is 336 g/mol. The van der Waals surface area contributed by atoms with Crippen molar-refractivity contribution in [1.29, 1.82) is 0 Å². The molecule has 0 radical (unpaired) electrons. The number of rotatable bonds is 4. The van der Waals surface area contributed by atoms with Gasteiger partial charge in [-0.25, -0.2) is 0 Å². The van der Waals surface area contributed by atoms with Crippen molar-refractivity contribution in [2.45, 2.75) is 25.2 Å². The molecule has 0 atom stereocenters. The molecular formula is C19H22N2O3S. The monoisotopic (exact) mass is 358 g/mol. The first-order valence-electron chi connectivity index (χ1n) is 8.37. The third kappa shape index (κ3) is 4.27. The van der Waals surface area contributed by atoms with E-state index in [9.17, 15) is 9.59 Å². The summed E-state index contributed by atoms with van der Waals surface area (Å²) in [5.74, 6) is -1.25. The lowest BCUT2D eigenvalue weighted by atomic mass is 9.78. The standard InChI is InChI=1S/C19H22N2O3S/c1-14-4-6-15(7-5-14)21-18(23)17(22)20-13-19(8-10-24-11-9-19)16-3-2-12-25-16/h2-7,12H,8-11,13H2,1H3,(H,20,22)(H,21,23). The average molecular weight is 358 g/mol. The summed E-state index contributed by atoms with van der Waals surface area (Å²) >= 11 is 1.68. The molecule has 1 fully saturated rings. The van der Waals surface area contributed by atoms with Gasteiger partial charge in [0.2, 0.25) is 0 Å². The number of amides is 2. The van der Waals surface area contributed by atoms with E-state index in [-0.39, 0.29) is 5.41 Å². The first-order valence-corrected chi connectivity index (χ1v) is 9.25. The Morgan fingerprint density at radius 3 is 2.48 bits per heavy atom. The number of carbonyl (C=O) groups excluding carboxylic acids is 2. The predicted octanol–water partition coefficient (Wildman–Crippen LogP) is 2.86. The summed E-state index contributed by atoms with van der Waals surface area (Å²) in [5, 5.41) is 7.48. The van der Waals surface area contributed by atoms with Gasteiger partial charge in [0.15, 0.2) is 0 Å². The lowest BCUT2D eigenvalue weighted by molar-refractivity contribution is -0.136. The predicted molar refractivity (Wildman–Crippen MR) is 98.9 cm³/mol. The fourth-order valence-electron chi connectivity index (χ4n) is 3.01. The number of hydrogen-bond donors (Lipinski definition) is 2. The maximum Gasteiger partial charge on any atom is 0.313 e. The molecule has 2 amide bonds. The van der Waals surface area contributed by atoms with Crippen LogP contribution in [-0.4, -0.2) is 31.6 Å². The first kappa shape index (κ1) is 17.6. The van der Waals surface area contributed by atoms with Crippen LogP contribution < -0.4 is 10.6 Å². The maximum absolute atomic E-state index is 12.2. The molecule has 0 spiro atoms. The third-order valence-electron chi connectivity index (χ3n) is 4.60. The van der Waals surface area contributed by atoms with Crippen LogP contribution >= 0.6 is 11.3 Å². The Labute approximate surface area is 151 Å². The van der Waals surface area contributed by atoms with Crippen LogP contribution in [0.15, 0.2) is 41.8 Å². The Hall–Kier alpha value is -2.18. The number of ether oxygens (including phenoxy) is 1. The van der Waals surface area contributed by atoms with Crippen molar-refractivity contribution in [3.63, 3.8) is 0 Å². The molecule has 5 nitrogen and oxygen atoms in total. The van der Waals surface area contributed by atoms with Crippen molar-refractivity contribution in [2.24, 2.45) is 0 Å². The minimum Gasteiger partial charge on any atom is -0.381 e. The molecule has 2 heterocycles. The van der Waals surface area contributed by atoms with Crippen LogP contribution in [0.2, 0.25) is 0 Å². The van der Waals surface area contributed by atoms with Crippen molar-refractivity contribution >= 4 is 28.8 Å². The molecule has 0 saturated carbocycles. The van der Waals surface area contributed by atoms with Crippen LogP contribution in [0, 0.1) is 6.92 Å². The molecule has 25 heavy (non-hydrogen) atoms. The van der Waals surface area contributed by atoms with Crippen molar-refractivity contribution in [2.75, 3.05) is 25.1 Å². The number of thiophene rings is 1. The van der Waals surface area contributed by atoms with E-state index in [1.54, 1.807) is 23.5 Å². The highest BCUT2D eigenvalue weighted by atomic mass is 32.1. The van der Waals surface area contributed by atoms with E-state index in [2.05, 4.69) is 16.7 Å². The SMILES string of the molecule is Cc1ccc(NC(=O)C(=O)NCC2(c3cccs3)CCOCC2)cc1. The van der Waals surface area contributed by atoms with Crippen LogP contribution in [0.4, 0.5) is 5.69 Å². The summed E-state index contributed by atoms with van der Waals surface area (Å²) < 4.78 is 5.48. The van der Waals surface area contributed by atoms with Crippen molar-refractivity contribution < 1.29 is 14.3 Å². The van der Waals surface area contributed by atoms with E-state index >= 15 is 0 Å². The van der Waals surface area contributed by atoms with E-state index in [1.807, 2.05) is 30.5 Å². The number of anilines is 1. The minimum absolute atomic E-state index is 0.147. The molecule has 2 N–H and O–H groups in total. The fourth-order valence-corrected chi connectivity index (χ4v) is 3.99. The van der Waals surface area contributed by atoms with Crippen molar-refractivity contribution in [3.05, 3.63) is 52.2 Å². The normalized spacial score (nSPS) is 16.2. The maximum atomic E-state index is 12.2. The number of benzene rings is 1. The van der Waals surface area contributed by atoms with Crippen LogP contribution in [0.25, 0.3) is 0 Å². The molecule has 0 unspecified atom stereocenters. The van der Waals surface area contributed by atoms with Gasteiger partial charge in [-0.15, -0.1) is 11.3 Å². The molecule has 1 aromatic carbocycles. The summed E-state index contributed by atoms with van der Waals surface area (Å²) in [7, 11) is 0. The molecule has 3 rings (SSSR count). The van der Waals surface area contributed by atoms with Gasteiger partial charge in [-0.1, -0.05) is 23.8 Å². The molecule has 0 aliphatic carbocycles. The van der Waals surface area contributed by atoms with E-state index in [0.29, 0.717) is 25.4 Å². The summed E-state index contributed by atoms with van der Waals surface area (Å²) in [6.07, 6.45) is 1.68. The Bertz CT molecular complexity index is 720. The molecule has 2 aromatic rings. The number of aryl methyl sites for hydroxylation is 1. The highest BCUT2D eigenvalue weighted by Crippen LogP contribution is 2.36. The summed E-state index contributed by atoms with van der Waals surface area (Å²) in [5.41, 5.74) is 1.57. The van der Waals surface area contributed by atoms with E-state index in [4.69, 9.17) is 4.74 Å². The molecule has 1 aliphatic rings. The van der Waals surface area contributed by atoms with Crippen molar-refractivity contribution in [1.82, 2.24) is 5.32 Å². The number of nitrogens with one attached hydrogen (secondary N) is 2. The fraction of sp³-hybridized carbons (Fsp3) is 0.368. The van der Waals surface area contributed by atoms with Crippen LogP contribution in [0.5, 0.6) is 0 Å². The average Bonchev–Trinajstić information content (AvgIpc) is 3.18. The molecule has 1 aromatic heterocycles. The highest BCUT2D eigenvalue weighted by Gasteiger charge is 2.36. The molecule has 6 heteroatoms. The van der Waals surface area contributed by atoms with E-state index in [1.165, 1.54) is 4.88 Å². The van der Waals surface area contributed by atoms with Gasteiger partial charge < -0.3 is 15.4 Å². The Kier molecular flexibility index (Phi) is 5.50. The minimum atomic E-state index is -0.641. The van der Waals surface area contributed by atoms with Crippen LogP contribution in [0.1, 0.15) is 23.3 Å². The molecule has 1 aliphatic heterocycles. The summed E-state index contributed by atoms with van der Waals surface area (Å²) in [6.45, 7) is 3.75. The molecule has 132 valence electrons. The van der Waals surface area contributed by atoms with E-state index in [0.717, 1.165) is 18.4 Å². The van der Waals surface area contributed by atoms with E-state index < -0.39 is 11.8 Å². The second-order valence-electron chi connectivity index (χ2n) is 6.37. The van der Waals surface area contributed by atoms with Crippen molar-refractivity contribution in [3.8, 4) is 0 Å². The van der Waals surface area contributed by atoms with Crippen LogP contribution in [-0.2, 0) is 19.7 Å². The largest absolute Gasteiger partial charge is 0.381 e. The number of hydrogen-bond acceptors (Lipinski definition) is 4. The van der Waals surface area contributed by atoms with Gasteiger partial charge >= 0.3 is 11.8 Å². The zero-order chi connectivity index (χ0) is 17.7. The zero-order valence-electron chi connectivity index (χ0n) is 14.2. The second kappa shape index (κ2) is 7.80. The summed E-state index contributed by atoms with van der Waals surface area (Å²) in [4.78, 5) is 25.6. The van der Waals surface area contributed by atoms with Crippen LogP contribution in [0.3, 0.4) is 0 Å². The molecule has 0 bridgehead atoms. The van der Waals surface area contributed by atoms with Gasteiger partial charge in [0, 0.05) is 35.7 Å². The Balaban J connectivity index is 1.61. The zero-order valence-corrected chi connectivity index (χ0v) is 15.0.